The van der Waals surface area contributed by atoms with Gasteiger partial charge >= 0.3 is 12.1 Å². The summed E-state index contributed by atoms with van der Waals surface area (Å²) in [4.78, 5) is 42.7. The van der Waals surface area contributed by atoms with E-state index >= 15 is 0 Å². The number of anilines is 1. The molecule has 1 fully saturated rings. The van der Waals surface area contributed by atoms with Crippen LogP contribution in [0.15, 0.2) is 46.8 Å². The fourth-order valence-corrected chi connectivity index (χ4v) is 7.71. The van der Waals surface area contributed by atoms with E-state index in [1.165, 1.54) is 42.1 Å². The summed E-state index contributed by atoms with van der Waals surface area (Å²) in [5.74, 6) is 5.80. The number of halogens is 4. The third-order valence-corrected chi connectivity index (χ3v) is 10.8. The fraction of sp³-hybridized carbons (Fsp3) is 0.351. The van der Waals surface area contributed by atoms with Crippen LogP contribution in [0.5, 0.6) is 0 Å². The number of carbonyl (C=O) groups is 1. The Morgan fingerprint density at radius 1 is 1.17 bits per heavy atom. The van der Waals surface area contributed by atoms with Crippen LogP contribution < -0.4 is 10.5 Å². The second-order valence-corrected chi connectivity index (χ2v) is 14.7. The summed E-state index contributed by atoms with van der Waals surface area (Å²) in [6, 6.07) is 9.01. The van der Waals surface area contributed by atoms with Crippen molar-refractivity contribution in [2.24, 2.45) is 5.41 Å². The first-order valence-electron chi connectivity index (χ1n) is 16.3. The minimum absolute atomic E-state index is 0.0469. The molecule has 1 aliphatic heterocycles. The molecule has 0 radical (unpaired) electrons. The number of aromatic carboxylic acids is 1. The van der Waals surface area contributed by atoms with Gasteiger partial charge in [0.25, 0.3) is 5.56 Å². The number of aromatic nitrogens is 4. The van der Waals surface area contributed by atoms with Gasteiger partial charge in [-0.05, 0) is 57.9 Å². The number of alkyl halides is 3. The molecule has 1 saturated heterocycles. The zero-order chi connectivity index (χ0) is 37.5. The predicted octanol–water partition coefficient (Wildman–Crippen LogP) is 7.14. The molecule has 0 saturated carbocycles. The summed E-state index contributed by atoms with van der Waals surface area (Å²) in [5.41, 5.74) is 0.493. The predicted molar refractivity (Wildman–Crippen MR) is 195 cm³/mol. The Morgan fingerprint density at radius 2 is 1.90 bits per heavy atom. The van der Waals surface area contributed by atoms with Gasteiger partial charge in [0.05, 0.1) is 44.8 Å². The molecule has 1 aliphatic rings. The first-order valence-corrected chi connectivity index (χ1v) is 17.6. The number of thiophene rings is 1. The number of fused-ring (bicyclic) bond motifs is 2. The Morgan fingerprint density at radius 3 is 2.58 bits per heavy atom. The number of aryl methyl sites for hydroxylation is 1. The van der Waals surface area contributed by atoms with Gasteiger partial charge in [0.2, 0.25) is 0 Å². The zero-order valence-corrected chi connectivity index (χ0v) is 30.2. The molecule has 0 bridgehead atoms. The van der Waals surface area contributed by atoms with Gasteiger partial charge < -0.3 is 14.9 Å². The number of carboxylic acids is 1. The number of piperidine rings is 1. The van der Waals surface area contributed by atoms with Crippen molar-refractivity contribution >= 4 is 55.8 Å². The molecule has 1 aromatic carbocycles. The molecule has 5 aromatic rings. The molecule has 1 N–H and O–H groups in total. The van der Waals surface area contributed by atoms with Gasteiger partial charge in [-0.25, -0.2) is 14.8 Å². The van der Waals surface area contributed by atoms with Crippen molar-refractivity contribution in [3.63, 3.8) is 0 Å². The topological polar surface area (TPSA) is 128 Å². The van der Waals surface area contributed by atoms with Gasteiger partial charge in [0.15, 0.2) is 0 Å². The maximum atomic E-state index is 14.0. The SMILES string of the molecule is Cc1nc2cnc(N(C)C3CCN(CC(C)(C)C(F)(F)F)CC3)c(C#N)c2c(=O)n1CC#Cc1ccc(Cl)cc1-c1ccnc2c(C(=O)O)csc12. The molecule has 15 heteroatoms. The quantitative estimate of drug-likeness (QED) is 0.173. The lowest BCUT2D eigenvalue weighted by Gasteiger charge is -2.40. The molecule has 0 unspecified atom stereocenters. The van der Waals surface area contributed by atoms with Crippen LogP contribution in [0.4, 0.5) is 19.0 Å². The third-order valence-electron chi connectivity index (χ3n) is 9.52. The Bertz CT molecular complexity index is 2380. The van der Waals surface area contributed by atoms with Gasteiger partial charge in [-0.2, -0.15) is 18.4 Å². The Balaban J connectivity index is 1.29. The first-order chi connectivity index (χ1) is 24.6. The molecule has 0 amide bonds. The monoisotopic (exact) mass is 747 g/mol. The Kier molecular flexibility index (Phi) is 10.0. The van der Waals surface area contributed by atoms with Crippen molar-refractivity contribution in [1.29, 1.82) is 5.26 Å². The average molecular weight is 748 g/mol. The molecule has 52 heavy (non-hydrogen) atoms. The Labute approximate surface area is 306 Å². The van der Waals surface area contributed by atoms with E-state index in [-0.39, 0.29) is 41.2 Å². The highest BCUT2D eigenvalue weighted by atomic mass is 35.5. The van der Waals surface area contributed by atoms with Crippen LogP contribution in [0, 0.1) is 35.5 Å². The lowest BCUT2D eigenvalue weighted by molar-refractivity contribution is -0.217. The molecule has 6 rings (SSSR count). The maximum absolute atomic E-state index is 14.0. The van der Waals surface area contributed by atoms with Gasteiger partial charge in [-0.3, -0.25) is 14.3 Å². The van der Waals surface area contributed by atoms with E-state index in [2.05, 4.69) is 32.9 Å². The number of benzene rings is 1. The normalized spacial score (nSPS) is 14.3. The van der Waals surface area contributed by atoms with Crippen molar-refractivity contribution in [3.8, 4) is 29.0 Å². The highest BCUT2D eigenvalue weighted by molar-refractivity contribution is 7.18. The summed E-state index contributed by atoms with van der Waals surface area (Å²) >= 11 is 7.63. The fourth-order valence-electron chi connectivity index (χ4n) is 6.51. The van der Waals surface area contributed by atoms with Crippen LogP contribution in [-0.2, 0) is 6.54 Å². The van der Waals surface area contributed by atoms with Gasteiger partial charge in [-0.1, -0.05) is 23.4 Å². The summed E-state index contributed by atoms with van der Waals surface area (Å²) in [7, 11) is 1.78. The molecule has 4 aromatic heterocycles. The lowest BCUT2D eigenvalue weighted by Crippen LogP contribution is -2.49. The Hall–Kier alpha value is -5.02. The van der Waals surface area contributed by atoms with E-state index in [0.717, 1.165) is 0 Å². The highest BCUT2D eigenvalue weighted by Crippen LogP contribution is 2.39. The first kappa shape index (κ1) is 36.8. The molecule has 0 aliphatic carbocycles. The van der Waals surface area contributed by atoms with Crippen molar-refractivity contribution in [2.75, 3.05) is 31.6 Å². The standard InChI is InChI=1S/C37H33ClF3N7O3S/c1-21-45-29-18-44-33(46(4)24-10-14-47(15-11-24)20-36(2,3)37(39,40)41)27(17-42)30(29)34(49)48(21)13-5-6-22-7-8-23(38)16-26(22)25-9-12-43-31-28(35(50)51)19-52-32(25)31/h7-9,12,16,18-19,24H,10-11,13-15,20H2,1-4H3,(H,50,51). The molecule has 268 valence electrons. The molecular formula is C37H33ClF3N7O3S. The summed E-state index contributed by atoms with van der Waals surface area (Å²) < 4.78 is 42.5. The van der Waals surface area contributed by atoms with Crippen molar-refractivity contribution in [2.45, 2.75) is 52.4 Å². The zero-order valence-electron chi connectivity index (χ0n) is 28.7. The van der Waals surface area contributed by atoms with E-state index < -0.39 is 23.1 Å². The van der Waals surface area contributed by atoms with Crippen LogP contribution >= 0.6 is 22.9 Å². The van der Waals surface area contributed by atoms with E-state index in [4.69, 9.17) is 11.6 Å². The van der Waals surface area contributed by atoms with Crippen LogP contribution in [0.2, 0.25) is 5.02 Å². The van der Waals surface area contributed by atoms with Crippen LogP contribution in [0.3, 0.4) is 0 Å². The number of nitrogens with zero attached hydrogens (tertiary/aromatic N) is 7. The highest BCUT2D eigenvalue weighted by Gasteiger charge is 2.48. The molecule has 5 heterocycles. The number of rotatable bonds is 7. The average Bonchev–Trinajstić information content (AvgIpc) is 3.54. The summed E-state index contributed by atoms with van der Waals surface area (Å²) in [6.07, 6.45) is -0.192. The third kappa shape index (κ3) is 6.94. The minimum Gasteiger partial charge on any atom is -0.478 e. The minimum atomic E-state index is -4.31. The second-order valence-electron chi connectivity index (χ2n) is 13.4. The van der Waals surface area contributed by atoms with E-state index in [0.29, 0.717) is 69.5 Å². The number of nitriles is 1. The maximum Gasteiger partial charge on any atom is 0.395 e. The molecule has 0 atom stereocenters. The van der Waals surface area contributed by atoms with E-state index in [9.17, 15) is 33.1 Å². The van der Waals surface area contributed by atoms with E-state index in [1.54, 1.807) is 43.6 Å². The summed E-state index contributed by atoms with van der Waals surface area (Å²) in [6.45, 7) is 4.83. The van der Waals surface area contributed by atoms with E-state index in [1.807, 2.05) is 9.80 Å². The van der Waals surface area contributed by atoms with Crippen LogP contribution in [-0.4, -0.2) is 74.4 Å². The number of likely N-dealkylation sites (tertiary alicyclic amines) is 1. The van der Waals surface area contributed by atoms with Gasteiger partial charge in [0, 0.05) is 66.0 Å². The van der Waals surface area contributed by atoms with Crippen molar-refractivity contribution in [3.05, 3.63) is 79.9 Å². The van der Waals surface area contributed by atoms with Crippen LogP contribution in [0.25, 0.3) is 32.2 Å². The lowest BCUT2D eigenvalue weighted by atomic mass is 9.90. The molecule has 0 spiro atoms. The van der Waals surface area contributed by atoms with Gasteiger partial charge in [0.1, 0.15) is 23.3 Å². The molecular weight excluding hydrogens is 715 g/mol. The van der Waals surface area contributed by atoms with Crippen molar-refractivity contribution in [1.82, 2.24) is 24.4 Å². The largest absolute Gasteiger partial charge is 0.478 e. The number of pyridine rings is 2. The molecule has 10 nitrogen and oxygen atoms in total. The number of carboxylic acid groups (broad SMARTS) is 1. The van der Waals surface area contributed by atoms with Crippen LogP contribution in [0.1, 0.15) is 54.0 Å². The number of hydrogen-bond acceptors (Lipinski definition) is 9. The smallest absolute Gasteiger partial charge is 0.395 e. The second kappa shape index (κ2) is 14.2. The summed E-state index contributed by atoms with van der Waals surface area (Å²) in [5, 5.41) is 22.0. The van der Waals surface area contributed by atoms with Crippen molar-refractivity contribution < 1.29 is 23.1 Å². The number of hydrogen-bond donors (Lipinski definition) is 1. The van der Waals surface area contributed by atoms with Gasteiger partial charge in [-0.15, -0.1) is 11.3 Å².